The summed E-state index contributed by atoms with van der Waals surface area (Å²) in [6.45, 7) is 10.4. The van der Waals surface area contributed by atoms with Gasteiger partial charge in [-0.2, -0.15) is 0 Å². The number of likely N-dealkylation sites (tertiary alicyclic amines) is 1. The van der Waals surface area contributed by atoms with Crippen LogP contribution < -0.4 is 5.73 Å². The Balaban J connectivity index is 2.41. The Hall–Kier alpha value is -0.0800. The summed E-state index contributed by atoms with van der Waals surface area (Å²) in [5, 5.41) is 0. The zero-order valence-corrected chi connectivity index (χ0v) is 15.0. The van der Waals surface area contributed by atoms with Gasteiger partial charge in [-0.15, -0.1) is 0 Å². The third-order valence-corrected chi connectivity index (χ3v) is 5.57. The van der Waals surface area contributed by atoms with Gasteiger partial charge in [-0.05, 0) is 51.6 Å². The topological polar surface area (TPSA) is 29.3 Å². The number of nitrogens with two attached hydrogens (primary N) is 1. The van der Waals surface area contributed by atoms with Crippen molar-refractivity contribution in [2.75, 3.05) is 19.6 Å². The van der Waals surface area contributed by atoms with Gasteiger partial charge in [0.15, 0.2) is 0 Å². The first-order valence-corrected chi connectivity index (χ1v) is 9.61. The number of unbranched alkanes of at least 4 members (excludes halogenated alkanes) is 4. The SMILES string of the molecule is CCCCCCCC(C)(CN)N1CCCC(CCC)CC1. The van der Waals surface area contributed by atoms with Crippen LogP contribution in [0.1, 0.15) is 91.4 Å². The lowest BCUT2D eigenvalue weighted by Crippen LogP contribution is -2.52. The minimum Gasteiger partial charge on any atom is -0.329 e. The van der Waals surface area contributed by atoms with E-state index in [-0.39, 0.29) is 5.54 Å². The molecule has 21 heavy (non-hydrogen) atoms. The molecule has 1 aliphatic heterocycles. The molecule has 0 aliphatic carbocycles. The molecule has 2 heteroatoms. The smallest absolute Gasteiger partial charge is 0.0303 e. The van der Waals surface area contributed by atoms with Gasteiger partial charge in [-0.25, -0.2) is 0 Å². The first-order chi connectivity index (χ1) is 10.2. The third kappa shape index (κ3) is 6.69. The maximum atomic E-state index is 6.18. The molecule has 0 aromatic rings. The summed E-state index contributed by atoms with van der Waals surface area (Å²) in [6.07, 6.45) is 15.1. The molecular weight excluding hydrogens is 256 g/mol. The van der Waals surface area contributed by atoms with E-state index in [9.17, 15) is 0 Å². The van der Waals surface area contributed by atoms with E-state index in [2.05, 4.69) is 25.7 Å². The van der Waals surface area contributed by atoms with Crippen LogP contribution in [0.4, 0.5) is 0 Å². The van der Waals surface area contributed by atoms with Gasteiger partial charge in [0.1, 0.15) is 0 Å². The van der Waals surface area contributed by atoms with Gasteiger partial charge in [-0.1, -0.05) is 58.8 Å². The molecule has 126 valence electrons. The highest BCUT2D eigenvalue weighted by Gasteiger charge is 2.31. The van der Waals surface area contributed by atoms with Crippen LogP contribution in [-0.2, 0) is 0 Å². The average molecular weight is 297 g/mol. The Morgan fingerprint density at radius 1 is 1.00 bits per heavy atom. The molecule has 2 nitrogen and oxygen atoms in total. The van der Waals surface area contributed by atoms with E-state index in [1.54, 1.807) is 0 Å². The maximum Gasteiger partial charge on any atom is 0.0303 e. The van der Waals surface area contributed by atoms with Crippen molar-refractivity contribution in [3.63, 3.8) is 0 Å². The highest BCUT2D eigenvalue weighted by atomic mass is 15.2. The second-order valence-electron chi connectivity index (χ2n) is 7.44. The molecule has 2 atom stereocenters. The van der Waals surface area contributed by atoms with Crippen LogP contribution in [0, 0.1) is 5.92 Å². The van der Waals surface area contributed by atoms with Gasteiger partial charge >= 0.3 is 0 Å². The van der Waals surface area contributed by atoms with Crippen LogP contribution in [0.25, 0.3) is 0 Å². The molecule has 0 amide bonds. The first kappa shape index (κ1) is 19.0. The largest absolute Gasteiger partial charge is 0.329 e. The molecule has 2 N–H and O–H groups in total. The Bertz CT molecular complexity index is 254. The molecule has 0 aromatic heterocycles. The van der Waals surface area contributed by atoms with E-state index in [4.69, 9.17) is 5.73 Å². The predicted molar refractivity (Wildman–Crippen MR) is 94.7 cm³/mol. The van der Waals surface area contributed by atoms with Gasteiger partial charge < -0.3 is 5.73 Å². The van der Waals surface area contributed by atoms with Crippen molar-refractivity contribution in [1.82, 2.24) is 4.90 Å². The third-order valence-electron chi connectivity index (χ3n) is 5.57. The Morgan fingerprint density at radius 2 is 1.76 bits per heavy atom. The molecule has 0 spiro atoms. The van der Waals surface area contributed by atoms with Crippen molar-refractivity contribution >= 4 is 0 Å². The van der Waals surface area contributed by atoms with Crippen LogP contribution >= 0.6 is 0 Å². The monoisotopic (exact) mass is 296 g/mol. The fourth-order valence-electron chi connectivity index (χ4n) is 3.90. The zero-order valence-electron chi connectivity index (χ0n) is 15.0. The fraction of sp³-hybridized carbons (Fsp3) is 1.00. The average Bonchev–Trinajstić information content (AvgIpc) is 2.73. The van der Waals surface area contributed by atoms with E-state index in [1.807, 2.05) is 0 Å². The molecule has 0 bridgehead atoms. The van der Waals surface area contributed by atoms with Crippen LogP contribution in [0.3, 0.4) is 0 Å². The highest BCUT2D eigenvalue weighted by molar-refractivity contribution is 4.89. The molecule has 2 unspecified atom stereocenters. The van der Waals surface area contributed by atoms with Gasteiger partial charge in [0.2, 0.25) is 0 Å². The van der Waals surface area contributed by atoms with Crippen LogP contribution in [0.15, 0.2) is 0 Å². The first-order valence-electron chi connectivity index (χ1n) is 9.61. The normalized spacial score (nSPS) is 23.7. The highest BCUT2D eigenvalue weighted by Crippen LogP contribution is 2.29. The summed E-state index contributed by atoms with van der Waals surface area (Å²) in [6, 6.07) is 0. The molecule has 0 radical (unpaired) electrons. The van der Waals surface area contributed by atoms with Crippen LogP contribution in [0.2, 0.25) is 0 Å². The fourth-order valence-corrected chi connectivity index (χ4v) is 3.90. The predicted octanol–water partition coefficient (Wildman–Crippen LogP) is 4.97. The van der Waals surface area contributed by atoms with Crippen molar-refractivity contribution in [2.24, 2.45) is 11.7 Å². The summed E-state index contributed by atoms with van der Waals surface area (Å²) >= 11 is 0. The number of nitrogens with zero attached hydrogens (tertiary/aromatic N) is 1. The van der Waals surface area contributed by atoms with Gasteiger partial charge in [0.05, 0.1) is 0 Å². The Kier molecular flexibility index (Phi) is 9.59. The minimum atomic E-state index is 0.243. The summed E-state index contributed by atoms with van der Waals surface area (Å²) in [5.41, 5.74) is 6.42. The summed E-state index contributed by atoms with van der Waals surface area (Å²) in [5.74, 6) is 0.964. The molecular formula is C19H40N2. The maximum absolute atomic E-state index is 6.18. The molecule has 1 aliphatic rings. The Labute approximate surface area is 133 Å². The number of rotatable bonds is 10. The van der Waals surface area contributed by atoms with Crippen LogP contribution in [0.5, 0.6) is 0 Å². The second kappa shape index (κ2) is 10.6. The molecule has 1 saturated heterocycles. The van der Waals surface area contributed by atoms with E-state index in [0.29, 0.717) is 0 Å². The van der Waals surface area contributed by atoms with Gasteiger partial charge in [-0.3, -0.25) is 4.90 Å². The van der Waals surface area contributed by atoms with Crippen molar-refractivity contribution < 1.29 is 0 Å². The molecule has 1 rings (SSSR count). The Morgan fingerprint density at radius 3 is 2.43 bits per heavy atom. The second-order valence-corrected chi connectivity index (χ2v) is 7.44. The molecule has 1 heterocycles. The number of hydrogen-bond acceptors (Lipinski definition) is 2. The van der Waals surface area contributed by atoms with Gasteiger partial charge in [0.25, 0.3) is 0 Å². The standard InChI is InChI=1S/C19H40N2/c1-4-6-7-8-9-14-19(3,17-20)21-15-10-12-18(11-5-2)13-16-21/h18H,4-17,20H2,1-3H3. The van der Waals surface area contributed by atoms with Crippen molar-refractivity contribution in [2.45, 2.75) is 96.9 Å². The van der Waals surface area contributed by atoms with E-state index < -0.39 is 0 Å². The van der Waals surface area contributed by atoms with Crippen molar-refractivity contribution in [3.05, 3.63) is 0 Å². The summed E-state index contributed by atoms with van der Waals surface area (Å²) < 4.78 is 0. The zero-order chi connectivity index (χ0) is 15.6. The lowest BCUT2D eigenvalue weighted by atomic mass is 9.91. The summed E-state index contributed by atoms with van der Waals surface area (Å²) in [7, 11) is 0. The molecule has 0 aromatic carbocycles. The van der Waals surface area contributed by atoms with Crippen molar-refractivity contribution in [3.8, 4) is 0 Å². The molecule has 0 saturated carbocycles. The lowest BCUT2D eigenvalue weighted by molar-refractivity contribution is 0.101. The summed E-state index contributed by atoms with van der Waals surface area (Å²) in [4.78, 5) is 2.72. The van der Waals surface area contributed by atoms with Crippen LogP contribution in [-0.4, -0.2) is 30.1 Å². The van der Waals surface area contributed by atoms with Gasteiger partial charge in [0, 0.05) is 12.1 Å². The van der Waals surface area contributed by atoms with E-state index >= 15 is 0 Å². The van der Waals surface area contributed by atoms with Crippen molar-refractivity contribution in [1.29, 1.82) is 0 Å². The molecule has 1 fully saturated rings. The lowest BCUT2D eigenvalue weighted by Gasteiger charge is -2.40. The quantitative estimate of drug-likeness (QED) is 0.577. The van der Waals surface area contributed by atoms with E-state index in [1.165, 1.54) is 83.7 Å². The minimum absolute atomic E-state index is 0.243. The van der Waals surface area contributed by atoms with E-state index in [0.717, 1.165) is 12.5 Å². The number of hydrogen-bond donors (Lipinski definition) is 1.